The lowest BCUT2D eigenvalue weighted by Crippen LogP contribution is -2.13. The molecule has 0 heterocycles. The van der Waals surface area contributed by atoms with Crippen LogP contribution in [0.25, 0.3) is 0 Å². The van der Waals surface area contributed by atoms with Crippen LogP contribution in [0.15, 0.2) is 48.5 Å². The van der Waals surface area contributed by atoms with Gasteiger partial charge >= 0.3 is 24.2 Å². The van der Waals surface area contributed by atoms with E-state index in [2.05, 4.69) is 29.6 Å². The highest BCUT2D eigenvalue weighted by atomic mass is 17.5. The highest BCUT2D eigenvalue weighted by molar-refractivity contribution is 5.91. The Balaban J connectivity index is 1.40. The summed E-state index contributed by atoms with van der Waals surface area (Å²) in [5.74, 6) is -1.62. The first kappa shape index (κ1) is 29.1. The van der Waals surface area contributed by atoms with E-state index >= 15 is 0 Å². The maximum Gasteiger partial charge on any atom is 0.543 e. The second-order valence-electron chi connectivity index (χ2n) is 7.64. The lowest BCUT2D eigenvalue weighted by Gasteiger charge is -2.06. The number of unbranched alkanes of at least 4 members (excludes halogenated alkanes) is 4. The molecule has 37 heavy (non-hydrogen) atoms. The molecule has 0 aliphatic rings. The van der Waals surface area contributed by atoms with Crippen molar-refractivity contribution in [1.82, 2.24) is 0 Å². The van der Waals surface area contributed by atoms with E-state index in [0.717, 1.165) is 19.3 Å². The molecule has 0 saturated heterocycles. The smallest absolute Gasteiger partial charge is 0.432 e. The van der Waals surface area contributed by atoms with Crippen LogP contribution >= 0.6 is 0 Å². The molecule has 0 radical (unpaired) electrons. The number of carbonyl (C=O) groups excluding carboxylic acids is 4. The van der Waals surface area contributed by atoms with Crippen molar-refractivity contribution in [3.63, 3.8) is 0 Å². The standard InChI is InChI=1S/C25H28O12/c1-18-12-6-8-14-20(18)22(26)32-36-34-24(28)30-16-10-4-3-5-11-17-31-25(29)35-37-33-23(27)21-15-9-7-13-19(21)2/h6-9,12-15H,3-5,10-11,16-17H2,1-2H3. The Hall–Kier alpha value is -4.16. The van der Waals surface area contributed by atoms with Crippen LogP contribution in [0.5, 0.6) is 0 Å². The second-order valence-corrected chi connectivity index (χ2v) is 7.64. The zero-order chi connectivity index (χ0) is 26.9. The van der Waals surface area contributed by atoms with E-state index in [1.165, 1.54) is 0 Å². The molecule has 0 spiro atoms. The quantitative estimate of drug-likeness (QED) is 0.139. The first-order valence-corrected chi connectivity index (χ1v) is 11.4. The molecule has 0 saturated carbocycles. The minimum absolute atomic E-state index is 0.0787. The highest BCUT2D eigenvalue weighted by Crippen LogP contribution is 2.10. The monoisotopic (exact) mass is 520 g/mol. The number of aryl methyl sites for hydroxylation is 2. The van der Waals surface area contributed by atoms with Crippen molar-refractivity contribution in [3.8, 4) is 0 Å². The van der Waals surface area contributed by atoms with Crippen LogP contribution in [0, 0.1) is 13.8 Å². The Bertz CT molecular complexity index is 954. The predicted octanol–water partition coefficient (Wildman–Crippen LogP) is 5.27. The Morgan fingerprint density at radius 3 is 1.32 bits per heavy atom. The van der Waals surface area contributed by atoms with Crippen LogP contribution in [0.3, 0.4) is 0 Å². The molecule has 12 heteroatoms. The summed E-state index contributed by atoms with van der Waals surface area (Å²) in [4.78, 5) is 63.6. The summed E-state index contributed by atoms with van der Waals surface area (Å²) in [6, 6.07) is 13.4. The summed E-state index contributed by atoms with van der Waals surface area (Å²) in [5, 5.41) is 8.32. The molecular weight excluding hydrogens is 492 g/mol. The van der Waals surface area contributed by atoms with E-state index in [0.29, 0.717) is 24.0 Å². The highest BCUT2D eigenvalue weighted by Gasteiger charge is 2.15. The van der Waals surface area contributed by atoms with Crippen molar-refractivity contribution in [3.05, 3.63) is 70.8 Å². The van der Waals surface area contributed by atoms with Gasteiger partial charge in [0.15, 0.2) is 0 Å². The van der Waals surface area contributed by atoms with Crippen LogP contribution in [-0.2, 0) is 39.1 Å². The van der Waals surface area contributed by atoms with E-state index in [1.807, 2.05) is 0 Å². The minimum Gasteiger partial charge on any atom is -0.432 e. The van der Waals surface area contributed by atoms with Gasteiger partial charge in [0.2, 0.25) is 0 Å². The molecule has 2 aromatic rings. The van der Waals surface area contributed by atoms with Gasteiger partial charge in [0.1, 0.15) is 0 Å². The first-order chi connectivity index (χ1) is 17.9. The zero-order valence-electron chi connectivity index (χ0n) is 20.5. The van der Waals surface area contributed by atoms with Gasteiger partial charge in [-0.1, -0.05) is 55.7 Å². The van der Waals surface area contributed by atoms with Crippen molar-refractivity contribution < 1.29 is 58.3 Å². The molecule has 2 aromatic carbocycles. The minimum atomic E-state index is -1.14. The molecule has 12 nitrogen and oxygen atoms in total. The van der Waals surface area contributed by atoms with Crippen LogP contribution in [0.4, 0.5) is 9.59 Å². The first-order valence-electron chi connectivity index (χ1n) is 11.4. The third kappa shape index (κ3) is 11.4. The van der Waals surface area contributed by atoms with E-state index in [1.54, 1.807) is 62.4 Å². The lowest BCUT2D eigenvalue weighted by molar-refractivity contribution is -0.452. The predicted molar refractivity (Wildman–Crippen MR) is 123 cm³/mol. The normalized spacial score (nSPS) is 10.2. The van der Waals surface area contributed by atoms with E-state index < -0.39 is 24.2 Å². The third-order valence-electron chi connectivity index (χ3n) is 4.88. The van der Waals surface area contributed by atoms with Crippen LogP contribution in [-0.4, -0.2) is 37.5 Å². The average molecular weight is 520 g/mol. The number of ether oxygens (including phenoxy) is 2. The molecule has 0 N–H and O–H groups in total. The van der Waals surface area contributed by atoms with Crippen LogP contribution in [0.1, 0.15) is 63.9 Å². The SMILES string of the molecule is Cc1ccccc1C(=O)OOOC(=O)OCCCCCCCOC(=O)OOOC(=O)c1ccccc1C. The topological polar surface area (TPSA) is 142 Å². The van der Waals surface area contributed by atoms with Crippen molar-refractivity contribution in [1.29, 1.82) is 0 Å². The Kier molecular flexibility index (Phi) is 13.0. The maximum absolute atomic E-state index is 11.8. The van der Waals surface area contributed by atoms with E-state index in [4.69, 9.17) is 9.47 Å². The van der Waals surface area contributed by atoms with Gasteiger partial charge in [0.25, 0.3) is 0 Å². The fourth-order valence-corrected chi connectivity index (χ4v) is 2.94. The van der Waals surface area contributed by atoms with Gasteiger partial charge in [-0.2, -0.15) is 0 Å². The summed E-state index contributed by atoms with van der Waals surface area (Å²) in [6.07, 6.45) is 1.08. The van der Waals surface area contributed by atoms with Gasteiger partial charge < -0.3 is 9.47 Å². The van der Waals surface area contributed by atoms with Crippen molar-refractivity contribution in [2.75, 3.05) is 13.2 Å². The molecule has 0 amide bonds. The summed E-state index contributed by atoms with van der Waals surface area (Å²) >= 11 is 0. The van der Waals surface area contributed by atoms with Crippen molar-refractivity contribution >= 4 is 24.2 Å². The zero-order valence-corrected chi connectivity index (χ0v) is 20.5. The van der Waals surface area contributed by atoms with Gasteiger partial charge in [-0.05, 0) is 49.9 Å². The Morgan fingerprint density at radius 1 is 0.541 bits per heavy atom. The van der Waals surface area contributed by atoms with Gasteiger partial charge in [0, 0.05) is 0 Å². The number of hydrogen-bond acceptors (Lipinski definition) is 12. The Labute approximate surface area is 213 Å². The van der Waals surface area contributed by atoms with E-state index in [9.17, 15) is 19.2 Å². The number of carbonyl (C=O) groups is 4. The Morgan fingerprint density at radius 2 is 0.919 bits per heavy atom. The fraction of sp³-hybridized carbons (Fsp3) is 0.360. The third-order valence-corrected chi connectivity index (χ3v) is 4.88. The lowest BCUT2D eigenvalue weighted by atomic mass is 10.1. The second kappa shape index (κ2) is 16.5. The average Bonchev–Trinajstić information content (AvgIpc) is 2.88. The summed E-state index contributed by atoms with van der Waals surface area (Å²) < 4.78 is 9.58. The molecule has 0 fully saturated rings. The van der Waals surface area contributed by atoms with Crippen LogP contribution in [0.2, 0.25) is 0 Å². The molecule has 200 valence electrons. The van der Waals surface area contributed by atoms with Crippen molar-refractivity contribution in [2.24, 2.45) is 0 Å². The summed E-state index contributed by atoms with van der Waals surface area (Å²) in [5.41, 5.74) is 1.90. The molecular formula is C25H28O12. The molecule has 0 aromatic heterocycles. The van der Waals surface area contributed by atoms with Gasteiger partial charge in [-0.3, -0.25) is 9.78 Å². The van der Waals surface area contributed by atoms with Crippen LogP contribution < -0.4 is 0 Å². The largest absolute Gasteiger partial charge is 0.543 e. The molecule has 0 bridgehead atoms. The molecule has 0 atom stereocenters. The van der Waals surface area contributed by atoms with Gasteiger partial charge in [0.05, 0.1) is 34.4 Å². The summed E-state index contributed by atoms with van der Waals surface area (Å²) in [7, 11) is 0. The number of hydrogen-bond donors (Lipinski definition) is 0. The molecule has 0 aliphatic heterocycles. The summed E-state index contributed by atoms with van der Waals surface area (Å²) in [6.45, 7) is 3.60. The molecule has 0 aliphatic carbocycles. The maximum atomic E-state index is 11.8. The van der Waals surface area contributed by atoms with E-state index in [-0.39, 0.29) is 24.3 Å². The molecule has 2 rings (SSSR count). The number of benzene rings is 2. The van der Waals surface area contributed by atoms with Crippen molar-refractivity contribution in [2.45, 2.75) is 46.0 Å². The molecule has 0 unspecified atom stereocenters. The van der Waals surface area contributed by atoms with Gasteiger partial charge in [-0.15, -0.1) is 0 Å². The van der Waals surface area contributed by atoms with Gasteiger partial charge in [-0.25, -0.2) is 29.0 Å². The number of rotatable bonds is 14. The fourth-order valence-electron chi connectivity index (χ4n) is 2.94.